The molecule has 0 saturated carbocycles. The van der Waals surface area contributed by atoms with Crippen LogP contribution in [0.5, 0.6) is 0 Å². The third-order valence-electron chi connectivity index (χ3n) is 4.01. The van der Waals surface area contributed by atoms with E-state index >= 15 is 0 Å². The Labute approximate surface area is 136 Å². The predicted octanol–water partition coefficient (Wildman–Crippen LogP) is 4.38. The Balaban J connectivity index is 1.95. The van der Waals surface area contributed by atoms with Crippen molar-refractivity contribution >= 4 is 0 Å². The molecule has 0 bridgehead atoms. The Morgan fingerprint density at radius 1 is 1.13 bits per heavy atom. The van der Waals surface area contributed by atoms with Crippen molar-refractivity contribution in [2.75, 3.05) is 0 Å². The van der Waals surface area contributed by atoms with Gasteiger partial charge in [0.15, 0.2) is 0 Å². The maximum Gasteiger partial charge on any atom is 0.253 e. The number of halogens is 2. The molecule has 0 unspecified atom stereocenters. The number of nitrogens with one attached hydrogen (secondary N) is 1. The summed E-state index contributed by atoms with van der Waals surface area (Å²) in [5.41, 5.74) is 2.02. The first-order valence-corrected chi connectivity index (χ1v) is 8.09. The topological polar surface area (TPSA) is 29.9 Å². The molecule has 0 aliphatic rings. The van der Waals surface area contributed by atoms with Crippen molar-refractivity contribution in [1.29, 1.82) is 0 Å². The summed E-state index contributed by atoms with van der Waals surface area (Å²) in [7, 11) is 0. The van der Waals surface area contributed by atoms with Gasteiger partial charge >= 0.3 is 0 Å². The van der Waals surface area contributed by atoms with Crippen molar-refractivity contribution < 1.29 is 8.78 Å². The highest BCUT2D eigenvalue weighted by Crippen LogP contribution is 2.18. The van der Waals surface area contributed by atoms with E-state index in [2.05, 4.69) is 10.4 Å². The first kappa shape index (κ1) is 17.6. The van der Waals surface area contributed by atoms with E-state index in [1.54, 1.807) is 6.20 Å². The van der Waals surface area contributed by atoms with E-state index in [9.17, 15) is 8.78 Å². The molecule has 1 aromatic carbocycles. The molecule has 0 saturated heterocycles. The van der Waals surface area contributed by atoms with Gasteiger partial charge in [0.25, 0.3) is 6.43 Å². The SMILES string of the molecule is CC(C)n1cc([C@H](C)N[C@@H](CCc2ccccc2)C(F)F)cn1. The Hall–Kier alpha value is -1.75. The van der Waals surface area contributed by atoms with Gasteiger partial charge in [0.2, 0.25) is 0 Å². The zero-order valence-corrected chi connectivity index (χ0v) is 13.9. The number of benzene rings is 1. The van der Waals surface area contributed by atoms with Crippen molar-refractivity contribution in [2.24, 2.45) is 0 Å². The zero-order valence-electron chi connectivity index (χ0n) is 13.9. The lowest BCUT2D eigenvalue weighted by Crippen LogP contribution is -2.37. The van der Waals surface area contributed by atoms with Crippen LogP contribution in [0.4, 0.5) is 8.78 Å². The van der Waals surface area contributed by atoms with Gasteiger partial charge in [0, 0.05) is 23.8 Å². The smallest absolute Gasteiger partial charge is 0.253 e. The van der Waals surface area contributed by atoms with Crippen molar-refractivity contribution in [3.63, 3.8) is 0 Å². The van der Waals surface area contributed by atoms with Crippen LogP contribution < -0.4 is 5.32 Å². The summed E-state index contributed by atoms with van der Waals surface area (Å²) in [5, 5.41) is 7.32. The number of hydrogen-bond acceptors (Lipinski definition) is 2. The Kier molecular flexibility index (Phi) is 6.28. The molecule has 0 spiro atoms. The molecule has 5 heteroatoms. The average Bonchev–Trinajstić information content (AvgIpc) is 3.02. The third-order valence-corrected chi connectivity index (χ3v) is 4.01. The maximum atomic E-state index is 13.3. The molecule has 0 radical (unpaired) electrons. The summed E-state index contributed by atoms with van der Waals surface area (Å²) < 4.78 is 28.5. The van der Waals surface area contributed by atoms with Crippen LogP contribution in [-0.4, -0.2) is 22.2 Å². The van der Waals surface area contributed by atoms with Gasteiger partial charge in [-0.25, -0.2) is 8.78 Å². The van der Waals surface area contributed by atoms with Gasteiger partial charge in [-0.05, 0) is 39.2 Å². The van der Waals surface area contributed by atoms with Crippen molar-refractivity contribution in [2.45, 2.75) is 58.2 Å². The number of nitrogens with zero attached hydrogens (tertiary/aromatic N) is 2. The third kappa shape index (κ3) is 5.13. The molecule has 2 aromatic rings. The van der Waals surface area contributed by atoms with Crippen LogP contribution in [-0.2, 0) is 6.42 Å². The second-order valence-corrected chi connectivity index (χ2v) is 6.20. The quantitative estimate of drug-likeness (QED) is 0.782. The van der Waals surface area contributed by atoms with E-state index in [1.165, 1.54) is 0 Å². The summed E-state index contributed by atoms with van der Waals surface area (Å²) in [6.07, 6.45) is 2.33. The number of aryl methyl sites for hydroxylation is 1. The van der Waals surface area contributed by atoms with Crippen LogP contribution in [0.2, 0.25) is 0 Å². The summed E-state index contributed by atoms with van der Waals surface area (Å²) in [6.45, 7) is 5.98. The highest BCUT2D eigenvalue weighted by atomic mass is 19.3. The van der Waals surface area contributed by atoms with Crippen LogP contribution >= 0.6 is 0 Å². The van der Waals surface area contributed by atoms with Gasteiger partial charge in [-0.2, -0.15) is 5.10 Å². The average molecular weight is 321 g/mol. The monoisotopic (exact) mass is 321 g/mol. The molecule has 126 valence electrons. The molecule has 2 atom stereocenters. The maximum absolute atomic E-state index is 13.3. The summed E-state index contributed by atoms with van der Waals surface area (Å²) in [6, 6.07) is 9.02. The first-order chi connectivity index (χ1) is 11.0. The van der Waals surface area contributed by atoms with Crippen LogP contribution in [0.15, 0.2) is 42.7 Å². The number of aromatic nitrogens is 2. The fourth-order valence-corrected chi connectivity index (χ4v) is 2.52. The normalized spacial score (nSPS) is 14.4. The summed E-state index contributed by atoms with van der Waals surface area (Å²) >= 11 is 0. The predicted molar refractivity (Wildman–Crippen MR) is 88.7 cm³/mol. The zero-order chi connectivity index (χ0) is 16.8. The van der Waals surface area contributed by atoms with Crippen LogP contribution in [0, 0.1) is 0 Å². The first-order valence-electron chi connectivity index (χ1n) is 8.09. The van der Waals surface area contributed by atoms with E-state index in [-0.39, 0.29) is 12.1 Å². The highest BCUT2D eigenvalue weighted by molar-refractivity contribution is 5.15. The highest BCUT2D eigenvalue weighted by Gasteiger charge is 2.23. The van der Waals surface area contributed by atoms with E-state index < -0.39 is 12.5 Å². The molecule has 2 rings (SSSR count). The van der Waals surface area contributed by atoms with E-state index in [4.69, 9.17) is 0 Å². The van der Waals surface area contributed by atoms with Crippen LogP contribution in [0.1, 0.15) is 50.4 Å². The molecule has 3 nitrogen and oxygen atoms in total. The summed E-state index contributed by atoms with van der Waals surface area (Å²) in [4.78, 5) is 0. The minimum Gasteiger partial charge on any atom is -0.302 e. The van der Waals surface area contributed by atoms with Gasteiger partial charge in [0.1, 0.15) is 0 Å². The van der Waals surface area contributed by atoms with E-state index in [1.807, 2.05) is 62.0 Å². The summed E-state index contributed by atoms with van der Waals surface area (Å²) in [5.74, 6) is 0. The molecular weight excluding hydrogens is 296 g/mol. The lowest BCUT2D eigenvalue weighted by Gasteiger charge is -2.22. The molecule has 1 N–H and O–H groups in total. The lowest BCUT2D eigenvalue weighted by molar-refractivity contribution is 0.0888. The molecule has 0 amide bonds. The molecular formula is C18H25F2N3. The number of hydrogen-bond donors (Lipinski definition) is 1. The molecule has 1 heterocycles. The molecule has 0 aliphatic carbocycles. The van der Waals surface area contributed by atoms with Crippen molar-refractivity contribution in [3.05, 3.63) is 53.9 Å². The van der Waals surface area contributed by atoms with Crippen LogP contribution in [0.3, 0.4) is 0 Å². The second-order valence-electron chi connectivity index (χ2n) is 6.20. The van der Waals surface area contributed by atoms with Crippen molar-refractivity contribution in [3.8, 4) is 0 Å². The Morgan fingerprint density at radius 2 is 1.83 bits per heavy atom. The van der Waals surface area contributed by atoms with Crippen molar-refractivity contribution in [1.82, 2.24) is 15.1 Å². The Bertz CT molecular complexity index is 581. The standard InChI is InChI=1S/C18H25F2N3/c1-13(2)23-12-16(11-21-23)14(3)22-17(18(19)20)10-9-15-7-5-4-6-8-15/h4-8,11-14,17-18,22H,9-10H2,1-3H3/t14-,17-/m0/s1. The van der Waals surface area contributed by atoms with E-state index in [0.717, 1.165) is 11.1 Å². The molecule has 1 aromatic heterocycles. The number of rotatable bonds is 8. The van der Waals surface area contributed by atoms with Gasteiger partial charge in [-0.1, -0.05) is 30.3 Å². The molecule has 23 heavy (non-hydrogen) atoms. The molecule has 0 fully saturated rings. The fraction of sp³-hybridized carbons (Fsp3) is 0.500. The minimum absolute atomic E-state index is 0.155. The fourth-order valence-electron chi connectivity index (χ4n) is 2.52. The minimum atomic E-state index is -2.39. The Morgan fingerprint density at radius 3 is 2.39 bits per heavy atom. The van der Waals surface area contributed by atoms with Gasteiger partial charge < -0.3 is 5.32 Å². The molecule has 0 aliphatic heterocycles. The largest absolute Gasteiger partial charge is 0.302 e. The second kappa shape index (κ2) is 8.20. The van der Waals surface area contributed by atoms with Gasteiger partial charge in [-0.3, -0.25) is 4.68 Å². The van der Waals surface area contributed by atoms with E-state index in [0.29, 0.717) is 12.8 Å². The number of alkyl halides is 2. The van der Waals surface area contributed by atoms with Gasteiger partial charge in [0.05, 0.1) is 12.2 Å². The lowest BCUT2D eigenvalue weighted by atomic mass is 10.0. The van der Waals surface area contributed by atoms with Gasteiger partial charge in [-0.15, -0.1) is 0 Å². The van der Waals surface area contributed by atoms with Crippen LogP contribution in [0.25, 0.3) is 0 Å².